The number of aromatic nitrogens is 2. The molecule has 0 radical (unpaired) electrons. The number of nitrogens with zero attached hydrogens (tertiary/aromatic N) is 3. The van der Waals surface area contributed by atoms with Crippen molar-refractivity contribution in [2.45, 2.75) is 46.3 Å². The van der Waals surface area contributed by atoms with E-state index in [1.165, 1.54) is 0 Å². The molecule has 0 bridgehead atoms. The third-order valence-corrected chi connectivity index (χ3v) is 4.10. The molecular weight excluding hydrogens is 300 g/mol. The lowest BCUT2D eigenvalue weighted by molar-refractivity contribution is 0.0939. The van der Waals surface area contributed by atoms with Crippen molar-refractivity contribution in [3.05, 3.63) is 53.9 Å². The number of carbonyl (C=O) groups is 1. The summed E-state index contributed by atoms with van der Waals surface area (Å²) in [7, 11) is 0. The molecule has 0 saturated heterocycles. The Morgan fingerprint density at radius 1 is 1.17 bits per heavy atom. The molecule has 130 valence electrons. The summed E-state index contributed by atoms with van der Waals surface area (Å²) in [5, 5.41) is 7.19. The predicted molar refractivity (Wildman–Crippen MR) is 97.1 cm³/mol. The van der Waals surface area contributed by atoms with E-state index in [2.05, 4.69) is 43.0 Å². The van der Waals surface area contributed by atoms with Crippen LogP contribution in [0.4, 0.5) is 0 Å². The number of hydrogen-bond acceptors (Lipinski definition) is 3. The number of benzene rings is 1. The second-order valence-corrected chi connectivity index (χ2v) is 6.58. The van der Waals surface area contributed by atoms with E-state index in [1.54, 1.807) is 6.20 Å². The van der Waals surface area contributed by atoms with Crippen molar-refractivity contribution in [1.29, 1.82) is 0 Å². The zero-order chi connectivity index (χ0) is 17.5. The third kappa shape index (κ3) is 5.20. The number of rotatable bonds is 8. The molecule has 1 heterocycles. The number of hydrogen-bond donors (Lipinski definition) is 1. The van der Waals surface area contributed by atoms with E-state index in [0.717, 1.165) is 12.1 Å². The van der Waals surface area contributed by atoms with E-state index in [9.17, 15) is 4.79 Å². The maximum atomic E-state index is 12.2. The highest BCUT2D eigenvalue weighted by Gasteiger charge is 2.13. The van der Waals surface area contributed by atoms with Crippen LogP contribution in [0.3, 0.4) is 0 Å². The lowest BCUT2D eigenvalue weighted by atomic mass is 10.1. The molecule has 1 N–H and O–H groups in total. The summed E-state index contributed by atoms with van der Waals surface area (Å²) in [6.45, 7) is 11.0. The lowest BCUT2D eigenvalue weighted by Crippen LogP contribution is -2.42. The minimum absolute atomic E-state index is 0.0203. The van der Waals surface area contributed by atoms with Gasteiger partial charge in [-0.3, -0.25) is 14.4 Å². The second kappa shape index (κ2) is 8.64. The van der Waals surface area contributed by atoms with Crippen LogP contribution in [0.5, 0.6) is 0 Å². The summed E-state index contributed by atoms with van der Waals surface area (Å²) in [6.07, 6.45) is 3.69. The van der Waals surface area contributed by atoms with Crippen LogP contribution in [0.25, 0.3) is 0 Å². The van der Waals surface area contributed by atoms with Gasteiger partial charge in [0.1, 0.15) is 0 Å². The van der Waals surface area contributed by atoms with Gasteiger partial charge < -0.3 is 5.32 Å². The zero-order valence-electron chi connectivity index (χ0n) is 15.1. The number of nitrogens with one attached hydrogen (secondary N) is 1. The van der Waals surface area contributed by atoms with Crippen LogP contribution in [-0.2, 0) is 6.54 Å². The standard InChI is InChI=1S/C19H28N4O/c1-15(2)23(16(3)4)13-11-20-19(24)18-8-6-17(7-9-18)14-22-12-5-10-21-22/h5-10,12,15-16H,11,13-14H2,1-4H3,(H,20,24). The van der Waals surface area contributed by atoms with Crippen molar-refractivity contribution in [3.63, 3.8) is 0 Å². The average Bonchev–Trinajstić information content (AvgIpc) is 3.04. The molecule has 24 heavy (non-hydrogen) atoms. The predicted octanol–water partition coefficient (Wildman–Crippen LogP) is 2.78. The van der Waals surface area contributed by atoms with E-state index in [-0.39, 0.29) is 5.91 Å². The van der Waals surface area contributed by atoms with Crippen molar-refractivity contribution >= 4 is 5.91 Å². The van der Waals surface area contributed by atoms with E-state index in [4.69, 9.17) is 0 Å². The van der Waals surface area contributed by atoms with E-state index < -0.39 is 0 Å². The summed E-state index contributed by atoms with van der Waals surface area (Å²) in [5.74, 6) is -0.0203. The first kappa shape index (κ1) is 18.2. The molecule has 0 spiro atoms. The molecule has 0 saturated carbocycles. The summed E-state index contributed by atoms with van der Waals surface area (Å²) >= 11 is 0. The molecule has 2 aromatic rings. The molecule has 0 aliphatic heterocycles. The van der Waals surface area contributed by atoms with Gasteiger partial charge in [0.05, 0.1) is 6.54 Å². The summed E-state index contributed by atoms with van der Waals surface area (Å²) in [4.78, 5) is 14.6. The van der Waals surface area contributed by atoms with Crippen LogP contribution in [0.2, 0.25) is 0 Å². The topological polar surface area (TPSA) is 50.2 Å². The SMILES string of the molecule is CC(C)N(CCNC(=O)c1ccc(Cn2cccn2)cc1)C(C)C. The smallest absolute Gasteiger partial charge is 0.251 e. The quantitative estimate of drug-likeness (QED) is 0.811. The van der Waals surface area contributed by atoms with Gasteiger partial charge in [-0.05, 0) is 51.5 Å². The van der Waals surface area contributed by atoms with Gasteiger partial charge >= 0.3 is 0 Å². The maximum Gasteiger partial charge on any atom is 0.251 e. The minimum atomic E-state index is -0.0203. The van der Waals surface area contributed by atoms with Gasteiger partial charge in [0.15, 0.2) is 0 Å². The zero-order valence-corrected chi connectivity index (χ0v) is 15.1. The Labute approximate surface area is 144 Å². The Bertz CT molecular complexity index is 609. The Hall–Kier alpha value is -2.14. The van der Waals surface area contributed by atoms with Crippen LogP contribution < -0.4 is 5.32 Å². The Morgan fingerprint density at radius 2 is 1.83 bits per heavy atom. The molecule has 5 nitrogen and oxygen atoms in total. The maximum absolute atomic E-state index is 12.2. The Kier molecular flexibility index (Phi) is 6.55. The van der Waals surface area contributed by atoms with Crippen molar-refractivity contribution in [1.82, 2.24) is 20.0 Å². The molecule has 1 aromatic carbocycles. The van der Waals surface area contributed by atoms with Gasteiger partial charge in [-0.15, -0.1) is 0 Å². The van der Waals surface area contributed by atoms with Crippen molar-refractivity contribution in [3.8, 4) is 0 Å². The van der Waals surface area contributed by atoms with E-state index >= 15 is 0 Å². The van der Waals surface area contributed by atoms with E-state index in [1.807, 2.05) is 41.2 Å². The largest absolute Gasteiger partial charge is 0.351 e. The van der Waals surface area contributed by atoms with Crippen LogP contribution in [0, 0.1) is 0 Å². The molecule has 5 heteroatoms. The first-order valence-corrected chi connectivity index (χ1v) is 8.57. The fraction of sp³-hybridized carbons (Fsp3) is 0.474. The molecule has 1 aromatic heterocycles. The van der Waals surface area contributed by atoms with Gasteiger partial charge in [0.25, 0.3) is 5.91 Å². The monoisotopic (exact) mass is 328 g/mol. The van der Waals surface area contributed by atoms with Gasteiger partial charge in [-0.1, -0.05) is 12.1 Å². The van der Waals surface area contributed by atoms with Crippen LogP contribution in [0.1, 0.15) is 43.6 Å². The molecule has 2 rings (SSSR count). The lowest BCUT2D eigenvalue weighted by Gasteiger charge is -2.30. The van der Waals surface area contributed by atoms with Gasteiger partial charge in [-0.2, -0.15) is 5.10 Å². The van der Waals surface area contributed by atoms with Gasteiger partial charge in [-0.25, -0.2) is 0 Å². The van der Waals surface area contributed by atoms with Crippen LogP contribution in [-0.4, -0.2) is 45.8 Å². The first-order chi connectivity index (χ1) is 11.5. The molecule has 0 unspecified atom stereocenters. The van der Waals surface area contributed by atoms with Crippen LogP contribution >= 0.6 is 0 Å². The van der Waals surface area contributed by atoms with Crippen LogP contribution in [0.15, 0.2) is 42.7 Å². The highest BCUT2D eigenvalue weighted by Crippen LogP contribution is 2.07. The fourth-order valence-corrected chi connectivity index (χ4v) is 2.86. The van der Waals surface area contributed by atoms with Gasteiger partial charge in [0.2, 0.25) is 0 Å². The molecule has 0 aliphatic rings. The minimum Gasteiger partial charge on any atom is -0.351 e. The first-order valence-electron chi connectivity index (χ1n) is 8.57. The number of carbonyl (C=O) groups excluding carboxylic acids is 1. The Balaban J connectivity index is 1.84. The Morgan fingerprint density at radius 3 is 2.38 bits per heavy atom. The third-order valence-electron chi connectivity index (χ3n) is 4.10. The highest BCUT2D eigenvalue weighted by atomic mass is 16.1. The van der Waals surface area contributed by atoms with Gasteiger partial charge in [0, 0.05) is 43.1 Å². The van der Waals surface area contributed by atoms with Crippen molar-refractivity contribution < 1.29 is 4.79 Å². The highest BCUT2D eigenvalue weighted by molar-refractivity contribution is 5.94. The summed E-state index contributed by atoms with van der Waals surface area (Å²) in [6, 6.07) is 10.6. The molecule has 1 amide bonds. The van der Waals surface area contributed by atoms with E-state index in [0.29, 0.717) is 30.7 Å². The average molecular weight is 328 g/mol. The molecular formula is C19H28N4O. The number of amides is 1. The van der Waals surface area contributed by atoms with Crippen molar-refractivity contribution in [2.24, 2.45) is 0 Å². The second-order valence-electron chi connectivity index (χ2n) is 6.58. The fourth-order valence-electron chi connectivity index (χ4n) is 2.86. The molecule has 0 fully saturated rings. The normalized spacial score (nSPS) is 11.5. The summed E-state index contributed by atoms with van der Waals surface area (Å²) < 4.78 is 1.86. The molecule has 0 atom stereocenters. The molecule has 0 aliphatic carbocycles. The van der Waals surface area contributed by atoms with Crippen molar-refractivity contribution in [2.75, 3.05) is 13.1 Å². The summed E-state index contributed by atoms with van der Waals surface area (Å²) in [5.41, 5.74) is 1.82.